The Bertz CT molecular complexity index is 761. The van der Waals surface area contributed by atoms with Gasteiger partial charge in [-0.1, -0.05) is 12.1 Å². The Morgan fingerprint density at radius 1 is 1.15 bits per heavy atom. The predicted octanol–water partition coefficient (Wildman–Crippen LogP) is 0.723. The van der Waals surface area contributed by atoms with Crippen LogP contribution in [0.25, 0.3) is 0 Å². The summed E-state index contributed by atoms with van der Waals surface area (Å²) < 4.78 is 5.07. The van der Waals surface area contributed by atoms with Crippen molar-refractivity contribution in [2.75, 3.05) is 38.1 Å². The Hall–Kier alpha value is -2.55. The highest BCUT2D eigenvalue weighted by Gasteiger charge is 2.30. The predicted molar refractivity (Wildman–Crippen MR) is 99.1 cm³/mol. The Morgan fingerprint density at radius 3 is 2.52 bits per heavy atom. The van der Waals surface area contributed by atoms with Gasteiger partial charge in [0, 0.05) is 38.0 Å². The number of hydrogen-bond acceptors (Lipinski definition) is 6. The van der Waals surface area contributed by atoms with Gasteiger partial charge in [-0.05, 0) is 12.1 Å². The maximum absolute atomic E-state index is 12.2. The Balaban J connectivity index is 1.44. The van der Waals surface area contributed by atoms with E-state index in [0.29, 0.717) is 26.2 Å². The van der Waals surface area contributed by atoms with Gasteiger partial charge in [-0.3, -0.25) is 19.2 Å². The van der Waals surface area contributed by atoms with Crippen LogP contribution < -0.4 is 5.32 Å². The molecule has 0 unspecified atom stereocenters. The number of nitrogens with one attached hydrogen (secondary N) is 1. The van der Waals surface area contributed by atoms with Crippen LogP contribution in [-0.4, -0.2) is 71.5 Å². The van der Waals surface area contributed by atoms with Crippen LogP contribution in [0.15, 0.2) is 29.2 Å². The lowest BCUT2D eigenvalue weighted by atomic mass is 10.2. The number of carbonyl (C=O) groups is 4. The normalized spacial score (nSPS) is 19.1. The molecule has 1 saturated heterocycles. The summed E-state index contributed by atoms with van der Waals surface area (Å²) in [7, 11) is 0. The van der Waals surface area contributed by atoms with Gasteiger partial charge in [-0.15, -0.1) is 11.8 Å². The summed E-state index contributed by atoms with van der Waals surface area (Å²) in [4.78, 5) is 51.8. The topological polar surface area (TPSA) is 96.0 Å². The third-order valence-electron chi connectivity index (χ3n) is 4.49. The molecule has 3 amide bonds. The van der Waals surface area contributed by atoms with Crippen molar-refractivity contribution >= 4 is 41.1 Å². The Kier molecular flexibility index (Phi) is 6.00. The molecule has 0 spiro atoms. The van der Waals surface area contributed by atoms with Crippen molar-refractivity contribution in [3.63, 3.8) is 0 Å². The van der Waals surface area contributed by atoms with Gasteiger partial charge in [-0.25, -0.2) is 0 Å². The molecular weight excluding hydrogens is 370 g/mol. The maximum atomic E-state index is 12.2. The summed E-state index contributed by atoms with van der Waals surface area (Å²) in [5.41, 5.74) is 0.733. The van der Waals surface area contributed by atoms with E-state index in [4.69, 9.17) is 4.74 Å². The lowest BCUT2D eigenvalue weighted by Gasteiger charge is -2.34. The minimum Gasteiger partial charge on any atom is -0.456 e. The molecule has 1 N–H and O–H groups in total. The van der Waals surface area contributed by atoms with Crippen LogP contribution in [0.4, 0.5) is 5.69 Å². The van der Waals surface area contributed by atoms with E-state index in [0.717, 1.165) is 10.6 Å². The largest absolute Gasteiger partial charge is 0.456 e. The number of fused-ring (bicyclic) bond motifs is 1. The van der Waals surface area contributed by atoms with Crippen LogP contribution in [0.2, 0.25) is 0 Å². The number of ether oxygens (including phenoxy) is 1. The molecule has 1 aromatic rings. The average Bonchev–Trinajstić information content (AvgIpc) is 2.66. The number of para-hydroxylation sites is 1. The number of benzene rings is 1. The lowest BCUT2D eigenvalue weighted by molar-refractivity contribution is -0.153. The van der Waals surface area contributed by atoms with Gasteiger partial charge in [0.15, 0.2) is 6.61 Å². The van der Waals surface area contributed by atoms with Crippen molar-refractivity contribution < 1.29 is 23.9 Å². The zero-order valence-electron chi connectivity index (χ0n) is 15.0. The fourth-order valence-corrected chi connectivity index (χ4v) is 4.04. The molecule has 1 fully saturated rings. The number of hydrogen-bond donors (Lipinski definition) is 1. The van der Waals surface area contributed by atoms with Crippen LogP contribution in [0.3, 0.4) is 0 Å². The quantitative estimate of drug-likeness (QED) is 0.760. The minimum absolute atomic E-state index is 0.0154. The third-order valence-corrected chi connectivity index (χ3v) is 5.77. The van der Waals surface area contributed by atoms with Crippen molar-refractivity contribution in [2.24, 2.45) is 0 Å². The molecule has 0 bridgehead atoms. The lowest BCUT2D eigenvalue weighted by Crippen LogP contribution is -2.51. The Morgan fingerprint density at radius 2 is 1.81 bits per heavy atom. The molecule has 27 heavy (non-hydrogen) atoms. The first-order valence-electron chi connectivity index (χ1n) is 8.69. The molecule has 1 aromatic carbocycles. The van der Waals surface area contributed by atoms with Gasteiger partial charge >= 0.3 is 5.97 Å². The van der Waals surface area contributed by atoms with Gasteiger partial charge in [0.05, 0.1) is 17.4 Å². The van der Waals surface area contributed by atoms with Gasteiger partial charge in [0.1, 0.15) is 0 Å². The van der Waals surface area contributed by atoms with E-state index in [1.54, 1.807) is 15.9 Å². The summed E-state index contributed by atoms with van der Waals surface area (Å²) in [6.45, 7) is 2.95. The number of carbonyl (C=O) groups excluding carboxylic acids is 4. The summed E-state index contributed by atoms with van der Waals surface area (Å²) >= 11 is 1.31. The van der Waals surface area contributed by atoms with Crippen molar-refractivity contribution in [3.05, 3.63) is 24.3 Å². The maximum Gasteiger partial charge on any atom is 0.307 e. The molecule has 144 valence electrons. The number of amides is 3. The van der Waals surface area contributed by atoms with Crippen LogP contribution in [0, 0.1) is 0 Å². The number of esters is 1. The summed E-state index contributed by atoms with van der Waals surface area (Å²) in [6, 6.07) is 7.38. The summed E-state index contributed by atoms with van der Waals surface area (Å²) in [6.07, 6.45) is -0.101. The molecule has 2 aliphatic rings. The average molecular weight is 391 g/mol. The van der Waals surface area contributed by atoms with Crippen LogP contribution >= 0.6 is 11.8 Å². The van der Waals surface area contributed by atoms with Crippen LogP contribution in [0.5, 0.6) is 0 Å². The van der Waals surface area contributed by atoms with E-state index in [-0.39, 0.29) is 30.7 Å². The number of anilines is 1. The minimum atomic E-state index is -0.585. The van der Waals surface area contributed by atoms with E-state index < -0.39 is 11.2 Å². The second-order valence-electron chi connectivity index (χ2n) is 6.34. The molecule has 2 aliphatic heterocycles. The van der Waals surface area contributed by atoms with Crippen molar-refractivity contribution in [1.29, 1.82) is 0 Å². The second-order valence-corrected chi connectivity index (χ2v) is 7.59. The van der Waals surface area contributed by atoms with E-state index in [9.17, 15) is 19.2 Å². The number of rotatable bonds is 4. The highest BCUT2D eigenvalue weighted by Crippen LogP contribution is 2.36. The smallest absolute Gasteiger partial charge is 0.307 e. The van der Waals surface area contributed by atoms with Gasteiger partial charge in [0.2, 0.25) is 11.8 Å². The van der Waals surface area contributed by atoms with E-state index in [1.807, 2.05) is 18.2 Å². The number of nitrogens with zero attached hydrogens (tertiary/aromatic N) is 2. The zero-order chi connectivity index (χ0) is 19.4. The molecule has 3 rings (SSSR count). The summed E-state index contributed by atoms with van der Waals surface area (Å²) in [5, 5.41) is 2.19. The fourth-order valence-electron chi connectivity index (χ4n) is 2.94. The molecule has 0 saturated carbocycles. The molecule has 0 aromatic heterocycles. The van der Waals surface area contributed by atoms with Crippen molar-refractivity contribution in [2.45, 2.75) is 23.5 Å². The second kappa shape index (κ2) is 8.43. The monoisotopic (exact) mass is 391 g/mol. The molecule has 2 heterocycles. The highest BCUT2D eigenvalue weighted by molar-refractivity contribution is 8.01. The van der Waals surface area contributed by atoms with Crippen molar-refractivity contribution in [3.8, 4) is 0 Å². The first-order chi connectivity index (χ1) is 12.9. The first-order valence-corrected chi connectivity index (χ1v) is 9.57. The number of piperazine rings is 1. The van der Waals surface area contributed by atoms with Crippen LogP contribution in [-0.2, 0) is 23.9 Å². The van der Waals surface area contributed by atoms with Gasteiger partial charge in [0.25, 0.3) is 5.91 Å². The Labute approximate surface area is 161 Å². The zero-order valence-corrected chi connectivity index (χ0v) is 15.8. The van der Waals surface area contributed by atoms with E-state index >= 15 is 0 Å². The molecule has 8 nitrogen and oxygen atoms in total. The van der Waals surface area contributed by atoms with E-state index in [1.165, 1.54) is 18.7 Å². The van der Waals surface area contributed by atoms with E-state index in [2.05, 4.69) is 5.32 Å². The summed E-state index contributed by atoms with van der Waals surface area (Å²) in [5.74, 6) is -1.14. The van der Waals surface area contributed by atoms with Crippen molar-refractivity contribution in [1.82, 2.24) is 9.80 Å². The highest BCUT2D eigenvalue weighted by atomic mass is 32.2. The SMILES string of the molecule is CC(=O)N1CCN(C(=O)COC(=O)C[C@H]2Sc3ccccc3NC2=O)CC1. The standard InChI is InChI=1S/C18H21N3O5S/c1-12(22)20-6-8-21(9-7-20)16(23)11-26-17(24)10-15-18(25)19-13-4-2-3-5-14(13)27-15/h2-5,15H,6-11H2,1H3,(H,19,25)/t15-/m1/s1. The van der Waals surface area contributed by atoms with Gasteiger partial charge in [-0.2, -0.15) is 0 Å². The molecule has 0 radical (unpaired) electrons. The van der Waals surface area contributed by atoms with Crippen LogP contribution in [0.1, 0.15) is 13.3 Å². The molecule has 1 atom stereocenters. The third kappa shape index (κ3) is 4.79. The molecular formula is C18H21N3O5S. The molecule has 9 heteroatoms. The first kappa shape index (κ1) is 19.2. The van der Waals surface area contributed by atoms with Gasteiger partial charge < -0.3 is 19.9 Å². The number of thioether (sulfide) groups is 1. The molecule has 0 aliphatic carbocycles. The fraction of sp³-hybridized carbons (Fsp3) is 0.444.